The SMILES string of the molecule is COCCCCN1C(=O)[C@H](Oc2ccc(C)cc2C)[C@@H]1c1ccc(C#N)cc1. The highest BCUT2D eigenvalue weighted by Crippen LogP contribution is 2.38. The maximum Gasteiger partial charge on any atom is 0.266 e. The Morgan fingerprint density at radius 1 is 1.11 bits per heavy atom. The van der Waals surface area contributed by atoms with Crippen LogP contribution in [0.2, 0.25) is 0 Å². The molecule has 1 aliphatic heterocycles. The van der Waals surface area contributed by atoms with Crippen LogP contribution in [0.1, 0.15) is 41.1 Å². The highest BCUT2D eigenvalue weighted by Gasteiger charge is 2.49. The Bertz CT molecular complexity index is 870. The van der Waals surface area contributed by atoms with Crippen LogP contribution in [0.15, 0.2) is 42.5 Å². The molecule has 1 heterocycles. The molecular weight excluding hydrogens is 352 g/mol. The van der Waals surface area contributed by atoms with E-state index in [4.69, 9.17) is 14.7 Å². The van der Waals surface area contributed by atoms with Gasteiger partial charge >= 0.3 is 0 Å². The van der Waals surface area contributed by atoms with Gasteiger partial charge < -0.3 is 14.4 Å². The van der Waals surface area contributed by atoms with Crippen LogP contribution >= 0.6 is 0 Å². The predicted octanol–water partition coefficient (Wildman–Crippen LogP) is 3.93. The number of benzene rings is 2. The number of nitriles is 1. The van der Waals surface area contributed by atoms with Gasteiger partial charge in [0.1, 0.15) is 11.8 Å². The third kappa shape index (κ3) is 4.18. The third-order valence-corrected chi connectivity index (χ3v) is 5.11. The van der Waals surface area contributed by atoms with Gasteiger partial charge in [-0.2, -0.15) is 5.26 Å². The van der Waals surface area contributed by atoms with Crippen LogP contribution in [0.25, 0.3) is 0 Å². The number of amides is 1. The number of carbonyl (C=O) groups is 1. The summed E-state index contributed by atoms with van der Waals surface area (Å²) in [6.45, 7) is 5.38. The average molecular weight is 378 g/mol. The Balaban J connectivity index is 1.80. The molecule has 0 radical (unpaired) electrons. The molecule has 1 amide bonds. The lowest BCUT2D eigenvalue weighted by molar-refractivity contribution is -0.164. The molecule has 0 N–H and O–H groups in total. The van der Waals surface area contributed by atoms with Gasteiger partial charge in [0.2, 0.25) is 6.10 Å². The standard InChI is InChI=1S/C23H26N2O3/c1-16-6-11-20(17(2)14-16)28-22-21(19-9-7-18(15-24)8-10-19)25(23(22)26)12-4-5-13-27-3/h6-11,14,21-22H,4-5,12-13H2,1-3H3/t21-,22+/m0/s1. The van der Waals surface area contributed by atoms with Crippen LogP contribution in [-0.2, 0) is 9.53 Å². The molecular formula is C23H26N2O3. The van der Waals surface area contributed by atoms with Crippen molar-refractivity contribution in [3.8, 4) is 11.8 Å². The van der Waals surface area contributed by atoms with Gasteiger partial charge in [0.25, 0.3) is 5.91 Å². The van der Waals surface area contributed by atoms with E-state index in [2.05, 4.69) is 12.1 Å². The summed E-state index contributed by atoms with van der Waals surface area (Å²) in [5.41, 5.74) is 3.77. The smallest absolute Gasteiger partial charge is 0.266 e. The monoisotopic (exact) mass is 378 g/mol. The molecule has 2 atom stereocenters. The van der Waals surface area contributed by atoms with E-state index < -0.39 is 6.10 Å². The van der Waals surface area contributed by atoms with E-state index in [1.165, 1.54) is 0 Å². The second kappa shape index (κ2) is 8.90. The second-order valence-corrected chi connectivity index (χ2v) is 7.22. The van der Waals surface area contributed by atoms with Crippen molar-refractivity contribution in [3.63, 3.8) is 0 Å². The molecule has 0 aliphatic carbocycles. The Hall–Kier alpha value is -2.84. The molecule has 1 fully saturated rings. The second-order valence-electron chi connectivity index (χ2n) is 7.22. The number of aryl methyl sites for hydroxylation is 2. The van der Waals surface area contributed by atoms with Gasteiger partial charge in [-0.3, -0.25) is 4.79 Å². The van der Waals surface area contributed by atoms with E-state index in [1.807, 2.05) is 43.0 Å². The minimum Gasteiger partial charge on any atom is -0.478 e. The summed E-state index contributed by atoms with van der Waals surface area (Å²) in [6.07, 6.45) is 1.24. The molecule has 2 aromatic rings. The van der Waals surface area contributed by atoms with Gasteiger partial charge in [0.15, 0.2) is 0 Å². The van der Waals surface area contributed by atoms with E-state index in [9.17, 15) is 4.79 Å². The van der Waals surface area contributed by atoms with Crippen molar-refractivity contribution in [2.45, 2.75) is 38.8 Å². The number of hydrogen-bond donors (Lipinski definition) is 0. The van der Waals surface area contributed by atoms with E-state index in [-0.39, 0.29) is 11.9 Å². The van der Waals surface area contributed by atoms with Gasteiger partial charge in [-0.05, 0) is 56.0 Å². The first-order valence-corrected chi connectivity index (χ1v) is 9.58. The van der Waals surface area contributed by atoms with Crippen molar-refractivity contribution < 1.29 is 14.3 Å². The topological polar surface area (TPSA) is 62.6 Å². The van der Waals surface area contributed by atoms with E-state index >= 15 is 0 Å². The quantitative estimate of drug-likeness (QED) is 0.516. The first kappa shape index (κ1) is 19.9. The van der Waals surface area contributed by atoms with E-state index in [0.717, 1.165) is 35.3 Å². The van der Waals surface area contributed by atoms with Gasteiger partial charge in [-0.25, -0.2) is 0 Å². The van der Waals surface area contributed by atoms with Crippen molar-refractivity contribution in [2.75, 3.05) is 20.3 Å². The fourth-order valence-corrected chi connectivity index (χ4v) is 3.59. The number of methoxy groups -OCH3 is 1. The van der Waals surface area contributed by atoms with Gasteiger partial charge in [-0.1, -0.05) is 29.8 Å². The molecule has 3 rings (SSSR count). The number of hydrogen-bond acceptors (Lipinski definition) is 4. The van der Waals surface area contributed by atoms with Gasteiger partial charge in [-0.15, -0.1) is 0 Å². The molecule has 2 aromatic carbocycles. The molecule has 5 heteroatoms. The van der Waals surface area contributed by atoms with Crippen molar-refractivity contribution in [1.82, 2.24) is 4.90 Å². The maximum absolute atomic E-state index is 12.8. The molecule has 146 valence electrons. The fourth-order valence-electron chi connectivity index (χ4n) is 3.59. The number of nitrogens with zero attached hydrogens (tertiary/aromatic N) is 2. The van der Waals surface area contributed by atoms with Crippen molar-refractivity contribution in [3.05, 3.63) is 64.7 Å². The zero-order valence-corrected chi connectivity index (χ0v) is 16.6. The van der Waals surface area contributed by atoms with Crippen LogP contribution < -0.4 is 4.74 Å². The Kier molecular flexibility index (Phi) is 6.33. The minimum atomic E-state index is -0.545. The van der Waals surface area contributed by atoms with Crippen molar-refractivity contribution >= 4 is 5.91 Å². The molecule has 1 aliphatic rings. The van der Waals surface area contributed by atoms with Crippen LogP contribution in [-0.4, -0.2) is 37.2 Å². The predicted molar refractivity (Wildman–Crippen MR) is 107 cm³/mol. The summed E-state index contributed by atoms with van der Waals surface area (Å²) >= 11 is 0. The molecule has 0 spiro atoms. The fraction of sp³-hybridized carbons (Fsp3) is 0.391. The first-order valence-electron chi connectivity index (χ1n) is 9.58. The van der Waals surface area contributed by atoms with Gasteiger partial charge in [0, 0.05) is 20.3 Å². The Morgan fingerprint density at radius 2 is 1.86 bits per heavy atom. The number of rotatable bonds is 8. The highest BCUT2D eigenvalue weighted by atomic mass is 16.5. The number of β-lactam (4-membered cyclic amide) rings is 1. The molecule has 0 bridgehead atoms. The maximum atomic E-state index is 12.8. The van der Waals surface area contributed by atoms with Crippen LogP contribution in [0.3, 0.4) is 0 Å². The number of unbranched alkanes of at least 4 members (excludes halogenated alkanes) is 1. The molecule has 5 nitrogen and oxygen atoms in total. The lowest BCUT2D eigenvalue weighted by atomic mass is 9.89. The van der Waals surface area contributed by atoms with Crippen LogP contribution in [0.4, 0.5) is 0 Å². The summed E-state index contributed by atoms with van der Waals surface area (Å²) in [4.78, 5) is 14.7. The number of likely N-dealkylation sites (tertiary alicyclic amines) is 1. The number of ether oxygens (including phenoxy) is 2. The molecule has 28 heavy (non-hydrogen) atoms. The lowest BCUT2D eigenvalue weighted by Crippen LogP contribution is -2.61. The van der Waals surface area contributed by atoms with Gasteiger partial charge in [0.05, 0.1) is 11.6 Å². The first-order chi connectivity index (χ1) is 13.5. The summed E-state index contributed by atoms with van der Waals surface area (Å²) in [5, 5.41) is 9.05. The van der Waals surface area contributed by atoms with Crippen molar-refractivity contribution in [1.29, 1.82) is 5.26 Å². The lowest BCUT2D eigenvalue weighted by Gasteiger charge is -2.47. The van der Waals surface area contributed by atoms with Crippen LogP contribution in [0, 0.1) is 25.2 Å². The third-order valence-electron chi connectivity index (χ3n) is 5.11. The average Bonchev–Trinajstić information content (AvgIpc) is 2.70. The highest BCUT2D eigenvalue weighted by molar-refractivity contribution is 5.89. The van der Waals surface area contributed by atoms with Crippen LogP contribution in [0.5, 0.6) is 5.75 Å². The molecule has 0 aromatic heterocycles. The summed E-state index contributed by atoms with van der Waals surface area (Å²) < 4.78 is 11.3. The number of carbonyl (C=O) groups excluding carboxylic acids is 1. The molecule has 0 unspecified atom stereocenters. The zero-order valence-electron chi connectivity index (χ0n) is 16.6. The summed E-state index contributed by atoms with van der Waals surface area (Å²) in [5.74, 6) is 0.744. The Labute approximate surface area is 166 Å². The largest absolute Gasteiger partial charge is 0.478 e. The summed E-state index contributed by atoms with van der Waals surface area (Å²) in [6, 6.07) is 15.4. The normalized spacial score (nSPS) is 18.5. The summed E-state index contributed by atoms with van der Waals surface area (Å²) in [7, 11) is 1.68. The Morgan fingerprint density at radius 3 is 2.50 bits per heavy atom. The zero-order chi connectivity index (χ0) is 20.1. The van der Waals surface area contributed by atoms with E-state index in [1.54, 1.807) is 19.2 Å². The van der Waals surface area contributed by atoms with Crippen molar-refractivity contribution in [2.24, 2.45) is 0 Å². The molecule has 0 saturated carbocycles. The van der Waals surface area contributed by atoms with E-state index in [0.29, 0.717) is 18.7 Å². The molecule has 1 saturated heterocycles. The minimum absolute atomic E-state index is 0.00625.